The number of amides is 2. The van der Waals surface area contributed by atoms with Gasteiger partial charge in [0.1, 0.15) is 17.7 Å². The molecule has 0 saturated carbocycles. The molecule has 354 valence electrons. The second-order valence-corrected chi connectivity index (χ2v) is 17.9. The maximum Gasteiger partial charge on any atom is 0.254 e. The van der Waals surface area contributed by atoms with Gasteiger partial charge in [-0.3, -0.25) is 33.9 Å². The van der Waals surface area contributed by atoms with E-state index in [0.29, 0.717) is 63.2 Å². The fraction of sp³-hybridized carbons (Fsp3) is 0.412. The number of likely N-dealkylation sites (tertiary alicyclic amines) is 1. The highest BCUT2D eigenvalue weighted by Crippen LogP contribution is 2.34. The van der Waals surface area contributed by atoms with E-state index in [4.69, 9.17) is 15.7 Å². The number of piperidine rings is 1. The van der Waals surface area contributed by atoms with Crippen molar-refractivity contribution in [2.75, 3.05) is 56.1 Å². The summed E-state index contributed by atoms with van der Waals surface area (Å²) >= 11 is 0. The van der Waals surface area contributed by atoms with Gasteiger partial charge in [0.25, 0.3) is 5.91 Å². The molecule has 0 bridgehead atoms. The van der Waals surface area contributed by atoms with Crippen LogP contribution in [0.15, 0.2) is 91.1 Å². The Hall–Kier alpha value is -6.36. The Kier molecular flexibility index (Phi) is 15.1. The molecule has 2 amide bonds. The number of nitrogen functional groups attached to an aromatic ring is 1. The molecule has 2 saturated heterocycles. The standard InChI is InChI=1S/C51H63F2N11O3/c1-5-39(55-4)12-19-57-48-13-18-56-30-37(48)7-6-33(2)62-22-16-36(17-23-62)50-45(53)26-38(27-46(50)54)51(66)63-24-25-64-42(32-63)28-41(59-64)31-61-20-14-35(15-21-61)43-9-8-40(29-44(43)52)58-47-10-11-49(65)60-67-34(47)3/h5-9,12-13,16,18-19,26-30,33-35,47,55,58H,10-11,14-15,17,20-25,31-32,54H2,1-4H3,(H,56,57)(H,60,65)/b7-6?,19-12-,39-5+. The van der Waals surface area contributed by atoms with E-state index in [-0.39, 0.29) is 53.0 Å². The average molecular weight is 916 g/mol. The smallest absolute Gasteiger partial charge is 0.254 e. The van der Waals surface area contributed by atoms with Crippen molar-refractivity contribution >= 4 is 40.5 Å². The molecule has 3 unspecified atom stereocenters. The predicted molar refractivity (Wildman–Crippen MR) is 259 cm³/mol. The molecule has 0 aliphatic carbocycles. The Labute approximate surface area is 392 Å². The molecule has 16 heteroatoms. The molecule has 14 nitrogen and oxygen atoms in total. The number of anilines is 3. The first-order chi connectivity index (χ1) is 32.5. The molecule has 4 aliphatic rings. The Morgan fingerprint density at radius 3 is 2.63 bits per heavy atom. The minimum absolute atomic E-state index is 0.113. The van der Waals surface area contributed by atoms with E-state index in [1.807, 2.05) is 74.4 Å². The number of carbonyl (C=O) groups excluding carboxylic acids is 2. The molecule has 6 N–H and O–H groups in total. The third-order valence-corrected chi connectivity index (χ3v) is 13.5. The van der Waals surface area contributed by atoms with Gasteiger partial charge in [-0.2, -0.15) is 5.10 Å². The van der Waals surface area contributed by atoms with E-state index in [2.05, 4.69) is 61.4 Å². The zero-order valence-electron chi connectivity index (χ0n) is 38.9. The zero-order chi connectivity index (χ0) is 47.0. The molecule has 0 spiro atoms. The fourth-order valence-corrected chi connectivity index (χ4v) is 9.51. The topological polar surface area (TPSA) is 158 Å². The summed E-state index contributed by atoms with van der Waals surface area (Å²) in [6.45, 7) is 11.0. The Bertz CT molecular complexity index is 2520. The van der Waals surface area contributed by atoms with Crippen LogP contribution in [-0.4, -0.2) is 99.2 Å². The van der Waals surface area contributed by atoms with Crippen LogP contribution in [0.1, 0.15) is 97.2 Å². The van der Waals surface area contributed by atoms with Crippen LogP contribution in [0.4, 0.5) is 25.8 Å². The molecule has 0 radical (unpaired) electrons. The lowest BCUT2D eigenvalue weighted by molar-refractivity contribution is -0.135. The number of nitrogens with two attached hydrogens (primary N) is 1. The van der Waals surface area contributed by atoms with Crippen LogP contribution in [0.5, 0.6) is 0 Å². The van der Waals surface area contributed by atoms with Crippen LogP contribution in [-0.2, 0) is 29.3 Å². The molecule has 4 aliphatic heterocycles. The van der Waals surface area contributed by atoms with E-state index in [1.54, 1.807) is 23.2 Å². The first-order valence-electron chi connectivity index (χ1n) is 23.5. The van der Waals surface area contributed by atoms with Crippen molar-refractivity contribution in [3.05, 3.63) is 136 Å². The van der Waals surface area contributed by atoms with Gasteiger partial charge < -0.3 is 26.6 Å². The van der Waals surface area contributed by atoms with Gasteiger partial charge in [0.15, 0.2) is 0 Å². The second-order valence-electron chi connectivity index (χ2n) is 17.9. The van der Waals surface area contributed by atoms with Crippen molar-refractivity contribution in [3.8, 4) is 0 Å². The number of halogens is 2. The summed E-state index contributed by atoms with van der Waals surface area (Å²) in [5.74, 6) is -1.02. The number of nitrogens with one attached hydrogen (secondary N) is 4. The van der Waals surface area contributed by atoms with Gasteiger partial charge in [-0.25, -0.2) is 14.3 Å². The third kappa shape index (κ3) is 11.4. The number of allylic oxidation sites excluding steroid dienone is 2. The molecule has 3 atom stereocenters. The van der Waals surface area contributed by atoms with Crippen molar-refractivity contribution in [1.29, 1.82) is 0 Å². The zero-order valence-corrected chi connectivity index (χ0v) is 38.9. The Balaban J connectivity index is 0.819. The van der Waals surface area contributed by atoms with Gasteiger partial charge in [0, 0.05) is 104 Å². The predicted octanol–water partition coefficient (Wildman–Crippen LogP) is 7.42. The highest BCUT2D eigenvalue weighted by atomic mass is 19.1. The quantitative estimate of drug-likeness (QED) is 0.0634. The van der Waals surface area contributed by atoms with Crippen LogP contribution in [0.2, 0.25) is 0 Å². The van der Waals surface area contributed by atoms with Crippen molar-refractivity contribution in [1.82, 2.24) is 40.3 Å². The molecule has 2 aromatic carbocycles. The summed E-state index contributed by atoms with van der Waals surface area (Å²) in [5, 5.41) is 14.7. The van der Waals surface area contributed by atoms with Crippen molar-refractivity contribution < 1.29 is 23.2 Å². The van der Waals surface area contributed by atoms with Gasteiger partial charge in [0.05, 0.1) is 30.5 Å². The van der Waals surface area contributed by atoms with Gasteiger partial charge in [0.2, 0.25) is 5.91 Å². The van der Waals surface area contributed by atoms with Gasteiger partial charge >= 0.3 is 0 Å². The number of hydrogen-bond acceptors (Lipinski definition) is 11. The summed E-state index contributed by atoms with van der Waals surface area (Å²) in [7, 11) is 1.88. The Morgan fingerprint density at radius 1 is 1.04 bits per heavy atom. The van der Waals surface area contributed by atoms with Gasteiger partial charge in [-0.1, -0.05) is 30.4 Å². The minimum Gasteiger partial charge on any atom is -0.398 e. The summed E-state index contributed by atoms with van der Waals surface area (Å²) < 4.78 is 33.3. The molecule has 2 aromatic heterocycles. The van der Waals surface area contributed by atoms with Crippen LogP contribution in [0, 0.1) is 11.6 Å². The monoisotopic (exact) mass is 916 g/mol. The highest BCUT2D eigenvalue weighted by Gasteiger charge is 2.29. The normalized spacial score (nSPS) is 20.6. The van der Waals surface area contributed by atoms with E-state index in [9.17, 15) is 9.59 Å². The molecule has 2 fully saturated rings. The number of carbonyl (C=O) groups is 2. The maximum absolute atomic E-state index is 15.9. The van der Waals surface area contributed by atoms with Crippen molar-refractivity contribution in [2.24, 2.45) is 0 Å². The molecule has 67 heavy (non-hydrogen) atoms. The summed E-state index contributed by atoms with van der Waals surface area (Å²) in [6.07, 6.45) is 18.7. The number of nitrogens with zero attached hydrogens (tertiary/aromatic N) is 6. The number of rotatable bonds is 14. The van der Waals surface area contributed by atoms with E-state index in [0.717, 1.165) is 71.9 Å². The number of likely N-dealkylation sites (N-methyl/N-ethyl adjacent to an activating group) is 1. The lowest BCUT2D eigenvalue weighted by Crippen LogP contribution is -2.38. The number of pyridine rings is 1. The summed E-state index contributed by atoms with van der Waals surface area (Å²) in [5.41, 5.74) is 16.8. The summed E-state index contributed by atoms with van der Waals surface area (Å²) in [4.78, 5) is 41.7. The van der Waals surface area contributed by atoms with E-state index in [1.165, 1.54) is 6.07 Å². The third-order valence-electron chi connectivity index (χ3n) is 13.5. The number of hydroxylamine groups is 1. The average Bonchev–Trinajstić information content (AvgIpc) is 3.67. The van der Waals surface area contributed by atoms with Crippen LogP contribution < -0.4 is 27.2 Å². The SMILES string of the molecule is C/C=C(\C=C/Nc1ccncc1C=CC(C)N1CC=C(c2c(N)cc(C(=O)N3CCn4nc(CN5CCC(c6ccc(NC7CCC(=O)NOC7C)cc6F)CC5)cc4C3)cc2F)CC1)NC. The molecule has 6 heterocycles. The van der Waals surface area contributed by atoms with Crippen LogP contribution in [0.25, 0.3) is 11.6 Å². The first-order valence-corrected chi connectivity index (χ1v) is 23.5. The highest BCUT2D eigenvalue weighted by molar-refractivity contribution is 5.96. The summed E-state index contributed by atoms with van der Waals surface area (Å²) in [6, 6.07) is 12.3. The largest absolute Gasteiger partial charge is 0.398 e. The number of aromatic nitrogens is 3. The lowest BCUT2D eigenvalue weighted by Gasteiger charge is -2.32. The number of benzene rings is 2. The lowest BCUT2D eigenvalue weighted by atomic mass is 9.89. The van der Waals surface area contributed by atoms with E-state index < -0.39 is 5.82 Å². The van der Waals surface area contributed by atoms with Crippen molar-refractivity contribution in [2.45, 2.75) is 96.6 Å². The molecular weight excluding hydrogens is 853 g/mol. The van der Waals surface area contributed by atoms with Gasteiger partial charge in [-0.05, 0) is 119 Å². The van der Waals surface area contributed by atoms with E-state index >= 15 is 8.78 Å². The van der Waals surface area contributed by atoms with Crippen LogP contribution >= 0.6 is 0 Å². The molecule has 8 rings (SSSR count). The Morgan fingerprint density at radius 2 is 1.88 bits per heavy atom. The van der Waals surface area contributed by atoms with Crippen molar-refractivity contribution in [3.63, 3.8) is 0 Å². The van der Waals surface area contributed by atoms with Crippen LogP contribution in [0.3, 0.4) is 0 Å². The molecular formula is C51H63F2N11O3. The second kappa shape index (κ2) is 21.5. The van der Waals surface area contributed by atoms with Gasteiger partial charge in [-0.15, -0.1) is 0 Å². The minimum atomic E-state index is -0.490. The molecule has 4 aromatic rings. The number of fused-ring (bicyclic) bond motifs is 1. The first kappa shape index (κ1) is 47.1. The number of hydrogen-bond donors (Lipinski definition) is 5. The fourth-order valence-electron chi connectivity index (χ4n) is 9.51. The maximum atomic E-state index is 15.9.